The third-order valence-corrected chi connectivity index (χ3v) is 5.12. The van der Waals surface area contributed by atoms with Crippen molar-refractivity contribution in [2.24, 2.45) is 0 Å². The lowest BCUT2D eigenvalue weighted by Gasteiger charge is -2.19. The zero-order chi connectivity index (χ0) is 33.8. The van der Waals surface area contributed by atoms with Crippen LogP contribution in [0.5, 0.6) is 0 Å². The van der Waals surface area contributed by atoms with Gasteiger partial charge in [-0.2, -0.15) is 0 Å². The lowest BCUT2D eigenvalue weighted by molar-refractivity contribution is -0.156. The quantitative estimate of drug-likeness (QED) is 0.0696. The highest BCUT2D eigenvalue weighted by molar-refractivity contribution is 5.69. The number of carbonyl (C=O) groups is 2. The van der Waals surface area contributed by atoms with Gasteiger partial charge in [-0.25, -0.2) is 0 Å². The standard InChI is InChI=1S/C31H60O15/c1-29(32)45-28-27-44-26-25-43-24-23-42-22-21-41-20-19-40-18-17-39-16-15-38-14-13-37-12-11-36-10-9-35-8-7-34-6-5-30(33)46-31(2,3)4/h5-28H2,1-4H3. The van der Waals surface area contributed by atoms with E-state index in [0.29, 0.717) is 145 Å². The summed E-state index contributed by atoms with van der Waals surface area (Å²) in [5.41, 5.74) is -0.476. The molecule has 0 rings (SSSR count). The van der Waals surface area contributed by atoms with E-state index >= 15 is 0 Å². The number of hydrogen-bond acceptors (Lipinski definition) is 15. The normalized spacial score (nSPS) is 11.7. The predicted octanol–water partition coefficient (Wildman–Crippen LogP) is 1.46. The molecule has 0 saturated heterocycles. The third kappa shape index (κ3) is 40.5. The molecule has 0 unspecified atom stereocenters. The lowest BCUT2D eigenvalue weighted by Crippen LogP contribution is -2.24. The molecule has 0 aliphatic rings. The van der Waals surface area contributed by atoms with Crippen molar-refractivity contribution in [2.75, 3.05) is 152 Å². The van der Waals surface area contributed by atoms with Crippen LogP contribution >= 0.6 is 0 Å². The van der Waals surface area contributed by atoms with E-state index in [1.54, 1.807) is 0 Å². The van der Waals surface area contributed by atoms with Gasteiger partial charge in [0.15, 0.2) is 0 Å². The Kier molecular flexibility index (Phi) is 33.7. The van der Waals surface area contributed by atoms with Gasteiger partial charge in [-0.15, -0.1) is 0 Å². The van der Waals surface area contributed by atoms with Crippen molar-refractivity contribution in [3.8, 4) is 0 Å². The molecular weight excluding hydrogens is 612 g/mol. The molecule has 0 aromatic carbocycles. The van der Waals surface area contributed by atoms with Crippen molar-refractivity contribution in [3.05, 3.63) is 0 Å². The average molecular weight is 673 g/mol. The van der Waals surface area contributed by atoms with E-state index in [9.17, 15) is 9.59 Å². The van der Waals surface area contributed by atoms with Crippen molar-refractivity contribution in [1.29, 1.82) is 0 Å². The first-order valence-electron chi connectivity index (χ1n) is 16.0. The molecule has 0 aromatic rings. The van der Waals surface area contributed by atoms with Gasteiger partial charge in [0, 0.05) is 6.92 Å². The largest absolute Gasteiger partial charge is 0.463 e. The van der Waals surface area contributed by atoms with E-state index in [2.05, 4.69) is 0 Å². The first-order chi connectivity index (χ1) is 22.3. The molecule has 0 aliphatic heterocycles. The molecular formula is C31H60O15. The highest BCUT2D eigenvalue weighted by Crippen LogP contribution is 2.08. The molecule has 15 heteroatoms. The van der Waals surface area contributed by atoms with Crippen molar-refractivity contribution in [2.45, 2.75) is 39.7 Å². The Morgan fingerprint density at radius 2 is 0.587 bits per heavy atom. The summed E-state index contributed by atoms with van der Waals surface area (Å²) in [4.78, 5) is 22.1. The number of rotatable bonds is 36. The van der Waals surface area contributed by atoms with E-state index < -0.39 is 5.60 Å². The molecule has 0 spiro atoms. The molecule has 0 heterocycles. The first kappa shape index (κ1) is 44.5. The van der Waals surface area contributed by atoms with Gasteiger partial charge in [0.25, 0.3) is 0 Å². The minimum Gasteiger partial charge on any atom is -0.463 e. The summed E-state index contributed by atoms with van der Waals surface area (Å²) >= 11 is 0. The van der Waals surface area contributed by atoms with Gasteiger partial charge in [0.1, 0.15) is 12.2 Å². The van der Waals surface area contributed by atoms with E-state index in [4.69, 9.17) is 61.6 Å². The van der Waals surface area contributed by atoms with Crippen molar-refractivity contribution in [1.82, 2.24) is 0 Å². The minimum atomic E-state index is -0.476. The number of carbonyl (C=O) groups excluding carboxylic acids is 2. The van der Waals surface area contributed by atoms with Crippen LogP contribution in [0.2, 0.25) is 0 Å². The molecule has 274 valence electrons. The summed E-state index contributed by atoms with van der Waals surface area (Å²) in [5.74, 6) is -0.583. The third-order valence-electron chi connectivity index (χ3n) is 5.12. The van der Waals surface area contributed by atoms with Crippen LogP contribution in [0.25, 0.3) is 0 Å². The van der Waals surface area contributed by atoms with E-state index in [-0.39, 0.29) is 25.0 Å². The molecule has 0 radical (unpaired) electrons. The van der Waals surface area contributed by atoms with E-state index in [1.807, 2.05) is 20.8 Å². The van der Waals surface area contributed by atoms with Gasteiger partial charge < -0.3 is 61.6 Å². The topological polar surface area (TPSA) is 154 Å². The van der Waals surface area contributed by atoms with Crippen molar-refractivity contribution < 1.29 is 71.2 Å². The highest BCUT2D eigenvalue weighted by Gasteiger charge is 2.15. The van der Waals surface area contributed by atoms with Crippen LogP contribution in [0.1, 0.15) is 34.1 Å². The first-order valence-corrected chi connectivity index (χ1v) is 16.0. The predicted molar refractivity (Wildman–Crippen MR) is 166 cm³/mol. The average Bonchev–Trinajstić information content (AvgIpc) is 2.99. The second kappa shape index (κ2) is 34.8. The Morgan fingerprint density at radius 3 is 0.804 bits per heavy atom. The number of esters is 2. The molecule has 0 saturated carbocycles. The van der Waals surface area contributed by atoms with Gasteiger partial charge in [-0.05, 0) is 20.8 Å². The monoisotopic (exact) mass is 672 g/mol. The summed E-state index contributed by atoms with van der Waals surface area (Å²) in [5, 5.41) is 0. The maximum atomic E-state index is 11.6. The summed E-state index contributed by atoms with van der Waals surface area (Å²) in [7, 11) is 0. The molecule has 0 aromatic heterocycles. The highest BCUT2D eigenvalue weighted by atomic mass is 16.6. The van der Waals surface area contributed by atoms with Crippen molar-refractivity contribution in [3.63, 3.8) is 0 Å². The molecule has 0 amide bonds. The molecule has 46 heavy (non-hydrogen) atoms. The van der Waals surface area contributed by atoms with Crippen LogP contribution in [-0.4, -0.2) is 169 Å². The summed E-state index contributed by atoms with van der Waals surface area (Å²) in [6.45, 7) is 17.3. The smallest absolute Gasteiger partial charge is 0.308 e. The minimum absolute atomic E-state index is 0.229. The molecule has 0 bridgehead atoms. The van der Waals surface area contributed by atoms with Crippen LogP contribution in [0.3, 0.4) is 0 Å². The maximum Gasteiger partial charge on any atom is 0.308 e. The fourth-order valence-electron chi connectivity index (χ4n) is 3.09. The molecule has 15 nitrogen and oxygen atoms in total. The fourth-order valence-corrected chi connectivity index (χ4v) is 3.09. The van der Waals surface area contributed by atoms with Gasteiger partial charge in [-0.1, -0.05) is 0 Å². The Balaban J connectivity index is 3.10. The van der Waals surface area contributed by atoms with Crippen LogP contribution in [0.4, 0.5) is 0 Å². The van der Waals surface area contributed by atoms with E-state index in [0.717, 1.165) is 0 Å². The Labute approximate surface area is 274 Å². The summed E-state index contributed by atoms with van der Waals surface area (Å²) in [6.07, 6.45) is 0.229. The van der Waals surface area contributed by atoms with Crippen LogP contribution in [0.15, 0.2) is 0 Å². The zero-order valence-corrected chi connectivity index (χ0v) is 28.6. The molecule has 0 aliphatic carbocycles. The fraction of sp³-hybridized carbons (Fsp3) is 0.935. The van der Waals surface area contributed by atoms with Crippen molar-refractivity contribution >= 4 is 11.9 Å². The van der Waals surface area contributed by atoms with Crippen LogP contribution in [-0.2, 0) is 71.2 Å². The van der Waals surface area contributed by atoms with Gasteiger partial charge in [0.2, 0.25) is 0 Å². The van der Waals surface area contributed by atoms with Gasteiger partial charge in [0.05, 0.1) is 152 Å². The lowest BCUT2D eigenvalue weighted by atomic mass is 10.2. The Hall–Kier alpha value is -1.50. The van der Waals surface area contributed by atoms with Crippen LogP contribution < -0.4 is 0 Å². The molecule has 0 N–H and O–H groups in total. The number of ether oxygens (including phenoxy) is 13. The Morgan fingerprint density at radius 1 is 0.370 bits per heavy atom. The van der Waals surface area contributed by atoms with Gasteiger partial charge >= 0.3 is 11.9 Å². The summed E-state index contributed by atoms with van der Waals surface area (Å²) < 4.78 is 69.5. The Bertz CT molecular complexity index is 660. The maximum absolute atomic E-state index is 11.6. The SMILES string of the molecule is CC(=O)OCCOCCOCCOCCOCCOCCOCCOCCOCCOCCOCCOCCC(=O)OC(C)(C)C. The zero-order valence-electron chi connectivity index (χ0n) is 28.6. The summed E-state index contributed by atoms with van der Waals surface area (Å²) in [6, 6.07) is 0. The second-order valence-corrected chi connectivity index (χ2v) is 10.4. The van der Waals surface area contributed by atoms with Gasteiger partial charge in [-0.3, -0.25) is 9.59 Å². The number of hydrogen-bond donors (Lipinski definition) is 0. The van der Waals surface area contributed by atoms with Crippen LogP contribution in [0, 0.1) is 0 Å². The second-order valence-electron chi connectivity index (χ2n) is 10.4. The molecule has 0 fully saturated rings. The van der Waals surface area contributed by atoms with E-state index in [1.165, 1.54) is 6.92 Å². The molecule has 0 atom stereocenters.